The van der Waals surface area contributed by atoms with Gasteiger partial charge in [-0.3, -0.25) is 4.79 Å². The maximum absolute atomic E-state index is 13.8. The second kappa shape index (κ2) is 7.53. The summed E-state index contributed by atoms with van der Waals surface area (Å²) in [6, 6.07) is 7.15. The topological polar surface area (TPSA) is 47.6 Å². The fourth-order valence-corrected chi connectivity index (χ4v) is 2.66. The van der Waals surface area contributed by atoms with Crippen molar-refractivity contribution in [2.45, 2.75) is 19.9 Å². The minimum atomic E-state index is -0.617. The Labute approximate surface area is 145 Å². The average molecular weight is 352 g/mol. The molecular formula is C18H19ClFNO3. The highest BCUT2D eigenvalue weighted by atomic mass is 35.5. The van der Waals surface area contributed by atoms with Crippen LogP contribution in [0.3, 0.4) is 0 Å². The summed E-state index contributed by atoms with van der Waals surface area (Å²) in [7, 11) is 3.10. The normalized spacial score (nSPS) is 11.8. The molecule has 0 fully saturated rings. The van der Waals surface area contributed by atoms with Gasteiger partial charge in [-0.2, -0.15) is 0 Å². The summed E-state index contributed by atoms with van der Waals surface area (Å²) in [6.07, 6.45) is 0. The molecule has 0 aliphatic carbocycles. The molecule has 0 spiro atoms. The molecule has 0 aliphatic heterocycles. The fourth-order valence-electron chi connectivity index (χ4n) is 2.49. The van der Waals surface area contributed by atoms with E-state index in [4.69, 9.17) is 21.1 Å². The molecule has 0 saturated carbocycles. The Bertz CT molecular complexity index is 764. The number of hydrogen-bond acceptors (Lipinski definition) is 3. The highest BCUT2D eigenvalue weighted by molar-refractivity contribution is 6.31. The van der Waals surface area contributed by atoms with E-state index in [1.807, 2.05) is 19.9 Å². The molecule has 0 unspecified atom stereocenters. The van der Waals surface area contributed by atoms with Gasteiger partial charge in [-0.25, -0.2) is 4.39 Å². The maximum atomic E-state index is 13.8. The van der Waals surface area contributed by atoms with Crippen molar-refractivity contribution in [3.8, 4) is 11.5 Å². The first-order valence-electron chi connectivity index (χ1n) is 7.35. The first-order chi connectivity index (χ1) is 11.4. The lowest BCUT2D eigenvalue weighted by atomic mass is 10.0. The molecule has 0 aliphatic rings. The molecule has 1 amide bonds. The number of carbonyl (C=O) groups is 1. The minimum absolute atomic E-state index is 0.0903. The SMILES string of the molecule is COc1cc(C)c([C@@H](C)NC(=O)c2cc(Cl)ccc2F)cc1OC. The number of amides is 1. The Balaban J connectivity index is 2.27. The van der Waals surface area contributed by atoms with Gasteiger partial charge < -0.3 is 14.8 Å². The van der Waals surface area contributed by atoms with Gasteiger partial charge in [0.25, 0.3) is 5.91 Å². The van der Waals surface area contributed by atoms with Crippen molar-refractivity contribution in [2.75, 3.05) is 14.2 Å². The lowest BCUT2D eigenvalue weighted by Gasteiger charge is -2.19. The zero-order chi connectivity index (χ0) is 17.9. The molecule has 0 radical (unpaired) electrons. The summed E-state index contributed by atoms with van der Waals surface area (Å²) in [5, 5.41) is 3.08. The molecule has 0 heterocycles. The molecular weight excluding hydrogens is 333 g/mol. The van der Waals surface area contributed by atoms with Crippen molar-refractivity contribution in [1.29, 1.82) is 0 Å². The first kappa shape index (κ1) is 18.1. The van der Waals surface area contributed by atoms with Gasteiger partial charge in [-0.1, -0.05) is 11.6 Å². The molecule has 0 aromatic heterocycles. The highest BCUT2D eigenvalue weighted by Gasteiger charge is 2.18. The molecule has 1 N–H and O–H groups in total. The van der Waals surface area contributed by atoms with Crippen LogP contribution in [-0.2, 0) is 0 Å². The van der Waals surface area contributed by atoms with Gasteiger partial charge in [0, 0.05) is 5.02 Å². The largest absolute Gasteiger partial charge is 0.493 e. The Hall–Kier alpha value is -2.27. The van der Waals surface area contributed by atoms with Crippen LogP contribution in [0.5, 0.6) is 11.5 Å². The number of hydrogen-bond donors (Lipinski definition) is 1. The van der Waals surface area contributed by atoms with Crippen molar-refractivity contribution >= 4 is 17.5 Å². The molecule has 128 valence electrons. The minimum Gasteiger partial charge on any atom is -0.493 e. The number of methoxy groups -OCH3 is 2. The standard InChI is InChI=1S/C18H19ClFNO3/c1-10-7-16(23-3)17(24-4)9-13(10)11(2)21-18(22)14-8-12(19)5-6-15(14)20/h5-9,11H,1-4H3,(H,21,22)/t11-/m1/s1. The van der Waals surface area contributed by atoms with E-state index in [0.29, 0.717) is 16.5 Å². The predicted molar refractivity (Wildman–Crippen MR) is 91.6 cm³/mol. The molecule has 4 nitrogen and oxygen atoms in total. The second-order valence-corrected chi connectivity index (χ2v) is 5.82. The van der Waals surface area contributed by atoms with E-state index >= 15 is 0 Å². The summed E-state index contributed by atoms with van der Waals surface area (Å²) in [6.45, 7) is 3.72. The molecule has 6 heteroatoms. The number of benzene rings is 2. The average Bonchev–Trinajstić information content (AvgIpc) is 2.56. The first-order valence-corrected chi connectivity index (χ1v) is 7.73. The lowest BCUT2D eigenvalue weighted by molar-refractivity contribution is 0.0935. The van der Waals surface area contributed by atoms with Gasteiger partial charge in [-0.05, 0) is 55.3 Å². The number of nitrogens with one attached hydrogen (secondary N) is 1. The summed E-state index contributed by atoms with van der Waals surface area (Å²) in [4.78, 5) is 12.3. The van der Waals surface area contributed by atoms with Gasteiger partial charge in [0.2, 0.25) is 0 Å². The third-order valence-corrected chi connectivity index (χ3v) is 3.99. The smallest absolute Gasteiger partial charge is 0.254 e. The number of carbonyl (C=O) groups excluding carboxylic acids is 1. The maximum Gasteiger partial charge on any atom is 0.254 e. The van der Waals surface area contributed by atoms with Crippen LogP contribution in [0.4, 0.5) is 4.39 Å². The van der Waals surface area contributed by atoms with Gasteiger partial charge in [-0.15, -0.1) is 0 Å². The fraction of sp³-hybridized carbons (Fsp3) is 0.278. The van der Waals surface area contributed by atoms with Crippen molar-refractivity contribution in [2.24, 2.45) is 0 Å². The van der Waals surface area contributed by atoms with Crippen LogP contribution in [0.15, 0.2) is 30.3 Å². The zero-order valence-corrected chi connectivity index (χ0v) is 14.7. The highest BCUT2D eigenvalue weighted by Crippen LogP contribution is 2.33. The van der Waals surface area contributed by atoms with E-state index in [1.54, 1.807) is 20.3 Å². The van der Waals surface area contributed by atoms with Crippen LogP contribution in [0.1, 0.15) is 34.5 Å². The van der Waals surface area contributed by atoms with E-state index in [0.717, 1.165) is 11.1 Å². The van der Waals surface area contributed by atoms with Gasteiger partial charge in [0.1, 0.15) is 5.82 Å². The van der Waals surface area contributed by atoms with Crippen LogP contribution >= 0.6 is 11.6 Å². The van der Waals surface area contributed by atoms with E-state index in [1.165, 1.54) is 18.2 Å². The van der Waals surface area contributed by atoms with E-state index in [9.17, 15) is 9.18 Å². The van der Waals surface area contributed by atoms with Gasteiger partial charge in [0.15, 0.2) is 11.5 Å². The summed E-state index contributed by atoms with van der Waals surface area (Å²) >= 11 is 5.84. The third kappa shape index (κ3) is 3.79. The number of ether oxygens (including phenoxy) is 2. The van der Waals surface area contributed by atoms with E-state index in [2.05, 4.69) is 5.32 Å². The molecule has 0 bridgehead atoms. The van der Waals surface area contributed by atoms with Crippen molar-refractivity contribution in [3.05, 3.63) is 57.9 Å². The number of rotatable bonds is 5. The van der Waals surface area contributed by atoms with Crippen molar-refractivity contribution < 1.29 is 18.7 Å². The van der Waals surface area contributed by atoms with Crippen LogP contribution in [-0.4, -0.2) is 20.1 Å². The van der Waals surface area contributed by atoms with Crippen LogP contribution in [0, 0.1) is 12.7 Å². The summed E-state index contributed by atoms with van der Waals surface area (Å²) < 4.78 is 24.4. The Morgan fingerprint density at radius 3 is 2.42 bits per heavy atom. The van der Waals surface area contributed by atoms with Crippen LogP contribution in [0.25, 0.3) is 0 Å². The van der Waals surface area contributed by atoms with Crippen molar-refractivity contribution in [1.82, 2.24) is 5.32 Å². The predicted octanol–water partition coefficient (Wildman–Crippen LogP) is 4.30. The molecule has 0 saturated heterocycles. The zero-order valence-electron chi connectivity index (χ0n) is 13.9. The lowest BCUT2D eigenvalue weighted by Crippen LogP contribution is -2.28. The number of halogens is 2. The van der Waals surface area contributed by atoms with Crippen LogP contribution in [0.2, 0.25) is 5.02 Å². The monoisotopic (exact) mass is 351 g/mol. The molecule has 1 atom stereocenters. The molecule has 2 aromatic carbocycles. The van der Waals surface area contributed by atoms with Gasteiger partial charge in [0.05, 0.1) is 25.8 Å². The summed E-state index contributed by atoms with van der Waals surface area (Å²) in [5.41, 5.74) is 1.68. The third-order valence-electron chi connectivity index (χ3n) is 3.76. The molecule has 2 rings (SSSR count). The van der Waals surface area contributed by atoms with E-state index < -0.39 is 11.7 Å². The Kier molecular flexibility index (Phi) is 5.67. The Morgan fingerprint density at radius 2 is 1.79 bits per heavy atom. The molecule has 2 aromatic rings. The summed E-state index contributed by atoms with van der Waals surface area (Å²) in [5.74, 6) is 0.0242. The van der Waals surface area contributed by atoms with Gasteiger partial charge >= 0.3 is 0 Å². The quantitative estimate of drug-likeness (QED) is 0.873. The Morgan fingerprint density at radius 1 is 1.17 bits per heavy atom. The van der Waals surface area contributed by atoms with Crippen molar-refractivity contribution in [3.63, 3.8) is 0 Å². The molecule has 24 heavy (non-hydrogen) atoms. The van der Waals surface area contributed by atoms with E-state index in [-0.39, 0.29) is 11.6 Å². The van der Waals surface area contributed by atoms with Crippen LogP contribution < -0.4 is 14.8 Å². The number of aryl methyl sites for hydroxylation is 1. The second-order valence-electron chi connectivity index (χ2n) is 5.38.